The van der Waals surface area contributed by atoms with Crippen molar-refractivity contribution in [2.75, 3.05) is 7.11 Å². The minimum absolute atomic E-state index is 0.246. The molecule has 1 aromatic heterocycles. The molecular weight excluding hydrogens is 283 g/mol. The molecule has 0 radical (unpaired) electrons. The average molecular weight is 294 g/mol. The van der Waals surface area contributed by atoms with Gasteiger partial charge in [0.25, 0.3) is 0 Å². The number of carbonyl (C=O) groups excluding carboxylic acids is 1. The van der Waals surface area contributed by atoms with E-state index in [0.717, 1.165) is 15.0 Å². The lowest BCUT2D eigenvalue weighted by molar-refractivity contribution is -0.139. The third-order valence-electron chi connectivity index (χ3n) is 1.87. The van der Waals surface area contributed by atoms with E-state index in [2.05, 4.69) is 32.4 Å². The minimum atomic E-state index is -0.254. The number of ether oxygens (including phenoxy) is 1. The third-order valence-corrected chi connectivity index (χ3v) is 3.27. The molecule has 4 nitrogen and oxygen atoms in total. The molecule has 0 N–H and O–H groups in total. The number of methoxy groups -OCH3 is 1. The minimum Gasteiger partial charge on any atom is -0.469 e. The quantitative estimate of drug-likeness (QED) is 0.605. The second-order valence-corrected chi connectivity index (χ2v) is 3.80. The van der Waals surface area contributed by atoms with Crippen molar-refractivity contribution in [3.8, 4) is 0 Å². The maximum absolute atomic E-state index is 11.0. The van der Waals surface area contributed by atoms with Crippen LogP contribution in [0.1, 0.15) is 11.4 Å². The van der Waals surface area contributed by atoms with E-state index in [1.165, 1.54) is 7.11 Å². The topological polar surface area (TPSA) is 44.1 Å². The van der Waals surface area contributed by atoms with Crippen LogP contribution >= 0.6 is 22.6 Å². The molecule has 0 aliphatic rings. The second-order valence-electron chi connectivity index (χ2n) is 2.72. The summed E-state index contributed by atoms with van der Waals surface area (Å²) in [5.74, 6) is -0.254. The van der Waals surface area contributed by atoms with Gasteiger partial charge in [0.15, 0.2) is 0 Å². The van der Waals surface area contributed by atoms with Gasteiger partial charge in [0.1, 0.15) is 0 Å². The largest absolute Gasteiger partial charge is 0.469 e. The number of carbonyl (C=O) groups is 1. The van der Waals surface area contributed by atoms with Gasteiger partial charge in [0.05, 0.1) is 22.8 Å². The Labute approximate surface area is 90.4 Å². The van der Waals surface area contributed by atoms with E-state index in [1.54, 1.807) is 4.68 Å². The first-order valence-electron chi connectivity index (χ1n) is 3.81. The molecule has 1 heterocycles. The zero-order valence-electron chi connectivity index (χ0n) is 7.80. The van der Waals surface area contributed by atoms with E-state index in [4.69, 9.17) is 0 Å². The Morgan fingerprint density at radius 1 is 1.69 bits per heavy atom. The molecule has 0 aliphatic carbocycles. The average Bonchev–Trinajstić information content (AvgIpc) is 2.34. The third kappa shape index (κ3) is 2.20. The first-order valence-corrected chi connectivity index (χ1v) is 4.89. The normalized spacial score (nSPS) is 10.2. The highest BCUT2D eigenvalue weighted by Gasteiger charge is 2.13. The summed E-state index contributed by atoms with van der Waals surface area (Å²) in [6, 6.07) is 0. The number of halogens is 1. The van der Waals surface area contributed by atoms with Crippen LogP contribution in [0.15, 0.2) is 0 Å². The van der Waals surface area contributed by atoms with E-state index in [-0.39, 0.29) is 12.4 Å². The smallest absolute Gasteiger partial charge is 0.311 e. The fourth-order valence-corrected chi connectivity index (χ4v) is 1.62. The van der Waals surface area contributed by atoms with Crippen LogP contribution in [0.5, 0.6) is 0 Å². The van der Waals surface area contributed by atoms with Gasteiger partial charge in [0, 0.05) is 12.7 Å². The summed E-state index contributed by atoms with van der Waals surface area (Å²) in [5, 5.41) is 4.21. The molecule has 0 atom stereocenters. The monoisotopic (exact) mass is 294 g/mol. The lowest BCUT2D eigenvalue weighted by atomic mass is 10.3. The first kappa shape index (κ1) is 10.5. The van der Waals surface area contributed by atoms with Gasteiger partial charge in [-0.05, 0) is 29.5 Å². The molecule has 0 fully saturated rings. The SMILES string of the molecule is COC(=O)Cc1nn(C)c(C)c1I. The van der Waals surface area contributed by atoms with Crippen molar-refractivity contribution in [2.45, 2.75) is 13.3 Å². The Morgan fingerprint density at radius 2 is 2.31 bits per heavy atom. The predicted molar refractivity (Wildman–Crippen MR) is 56.4 cm³/mol. The summed E-state index contributed by atoms with van der Waals surface area (Å²) in [6.07, 6.45) is 0.246. The summed E-state index contributed by atoms with van der Waals surface area (Å²) in [4.78, 5) is 11.0. The zero-order valence-corrected chi connectivity index (χ0v) is 9.95. The molecule has 0 aliphatic heterocycles. The number of hydrogen-bond donors (Lipinski definition) is 0. The molecule has 0 unspecified atom stereocenters. The fraction of sp³-hybridized carbons (Fsp3) is 0.500. The van der Waals surface area contributed by atoms with Crippen molar-refractivity contribution in [1.82, 2.24) is 9.78 Å². The van der Waals surface area contributed by atoms with Gasteiger partial charge in [-0.1, -0.05) is 0 Å². The fourth-order valence-electron chi connectivity index (χ4n) is 0.973. The highest BCUT2D eigenvalue weighted by Crippen LogP contribution is 2.15. The zero-order chi connectivity index (χ0) is 10.0. The highest BCUT2D eigenvalue weighted by atomic mass is 127. The molecule has 0 saturated carbocycles. The Morgan fingerprint density at radius 3 is 2.69 bits per heavy atom. The van der Waals surface area contributed by atoms with E-state index in [0.29, 0.717) is 0 Å². The predicted octanol–water partition coefficient (Wildman–Crippen LogP) is 1.05. The number of esters is 1. The summed E-state index contributed by atoms with van der Waals surface area (Å²) in [7, 11) is 3.24. The van der Waals surface area contributed by atoms with Crippen LogP contribution in [0, 0.1) is 10.5 Å². The van der Waals surface area contributed by atoms with Gasteiger partial charge in [0.2, 0.25) is 0 Å². The van der Waals surface area contributed by atoms with Crippen molar-refractivity contribution in [3.05, 3.63) is 15.0 Å². The molecule has 0 spiro atoms. The van der Waals surface area contributed by atoms with Crippen LogP contribution in [0.2, 0.25) is 0 Å². The number of aryl methyl sites for hydroxylation is 1. The number of aromatic nitrogens is 2. The highest BCUT2D eigenvalue weighted by molar-refractivity contribution is 14.1. The van der Waals surface area contributed by atoms with Gasteiger partial charge in [-0.15, -0.1) is 0 Å². The van der Waals surface area contributed by atoms with Gasteiger partial charge < -0.3 is 4.74 Å². The number of rotatable bonds is 2. The molecule has 1 rings (SSSR count). The second kappa shape index (κ2) is 4.08. The Kier molecular flexibility index (Phi) is 3.29. The summed E-state index contributed by atoms with van der Waals surface area (Å²) in [5.41, 5.74) is 1.85. The molecule has 0 amide bonds. The van der Waals surface area contributed by atoms with Crippen LogP contribution in [-0.4, -0.2) is 22.9 Å². The molecule has 72 valence electrons. The van der Waals surface area contributed by atoms with Crippen molar-refractivity contribution in [3.63, 3.8) is 0 Å². The Bertz CT molecular complexity index is 333. The van der Waals surface area contributed by atoms with Gasteiger partial charge in [-0.3, -0.25) is 9.48 Å². The van der Waals surface area contributed by atoms with Gasteiger partial charge in [-0.25, -0.2) is 0 Å². The molecule has 0 aromatic carbocycles. The van der Waals surface area contributed by atoms with Crippen molar-refractivity contribution < 1.29 is 9.53 Å². The van der Waals surface area contributed by atoms with Crippen molar-refractivity contribution in [2.24, 2.45) is 7.05 Å². The first-order chi connectivity index (χ1) is 6.06. The molecule has 0 saturated heterocycles. The van der Waals surface area contributed by atoms with Crippen molar-refractivity contribution >= 4 is 28.6 Å². The van der Waals surface area contributed by atoms with E-state index in [1.807, 2.05) is 14.0 Å². The van der Waals surface area contributed by atoms with E-state index in [9.17, 15) is 4.79 Å². The van der Waals surface area contributed by atoms with E-state index < -0.39 is 0 Å². The Balaban J connectivity index is 2.90. The standard InChI is InChI=1S/C8H11IN2O2/c1-5-8(9)6(10-11(5)2)4-7(12)13-3/h4H2,1-3H3. The summed E-state index contributed by atoms with van der Waals surface area (Å²) >= 11 is 2.18. The number of hydrogen-bond acceptors (Lipinski definition) is 3. The lowest BCUT2D eigenvalue weighted by Gasteiger charge is -1.95. The molecular formula is C8H11IN2O2. The maximum atomic E-state index is 11.0. The van der Waals surface area contributed by atoms with Crippen LogP contribution in [0.25, 0.3) is 0 Å². The Hall–Kier alpha value is -0.590. The molecule has 5 heteroatoms. The molecule has 0 bridgehead atoms. The van der Waals surface area contributed by atoms with Crippen molar-refractivity contribution in [1.29, 1.82) is 0 Å². The number of nitrogens with zero attached hydrogens (tertiary/aromatic N) is 2. The van der Waals surface area contributed by atoms with Gasteiger partial charge >= 0.3 is 5.97 Å². The van der Waals surface area contributed by atoms with E-state index >= 15 is 0 Å². The molecule has 13 heavy (non-hydrogen) atoms. The van der Waals surface area contributed by atoms with Crippen LogP contribution in [-0.2, 0) is 23.0 Å². The summed E-state index contributed by atoms with van der Waals surface area (Å²) in [6.45, 7) is 1.97. The van der Waals surface area contributed by atoms with Crippen LogP contribution in [0.4, 0.5) is 0 Å². The van der Waals surface area contributed by atoms with Gasteiger partial charge in [-0.2, -0.15) is 5.10 Å². The lowest BCUT2D eigenvalue weighted by Crippen LogP contribution is -2.06. The summed E-state index contributed by atoms with van der Waals surface area (Å²) < 4.78 is 7.36. The maximum Gasteiger partial charge on any atom is 0.311 e. The molecule has 1 aromatic rings. The van der Waals surface area contributed by atoms with Crippen LogP contribution < -0.4 is 0 Å². The van der Waals surface area contributed by atoms with Crippen LogP contribution in [0.3, 0.4) is 0 Å².